The summed E-state index contributed by atoms with van der Waals surface area (Å²) < 4.78 is 58.4. The Balaban J connectivity index is 1.87. The van der Waals surface area contributed by atoms with E-state index in [1.54, 1.807) is 26.0 Å². The lowest BCUT2D eigenvalue weighted by Crippen LogP contribution is -2.13. The maximum Gasteiger partial charge on any atom is 0.261 e. The minimum absolute atomic E-state index is 0.0150. The van der Waals surface area contributed by atoms with E-state index in [0.29, 0.717) is 22.9 Å². The first-order valence-electron chi connectivity index (χ1n) is 7.28. The van der Waals surface area contributed by atoms with E-state index < -0.39 is 21.7 Å². The number of rotatable bonds is 4. The molecule has 2 aromatic carbocycles. The van der Waals surface area contributed by atoms with Gasteiger partial charge in [0.25, 0.3) is 10.0 Å². The van der Waals surface area contributed by atoms with Gasteiger partial charge < -0.3 is 4.42 Å². The molecule has 8 heteroatoms. The highest BCUT2D eigenvalue weighted by molar-refractivity contribution is 7.92. The Labute approximate surface area is 143 Å². The Bertz CT molecular complexity index is 1030. The van der Waals surface area contributed by atoms with Crippen molar-refractivity contribution in [2.24, 2.45) is 0 Å². The third-order valence-electron chi connectivity index (χ3n) is 3.51. The van der Waals surface area contributed by atoms with Gasteiger partial charge in [-0.15, -0.1) is 0 Å². The summed E-state index contributed by atoms with van der Waals surface area (Å²) in [5.41, 5.74) is 1.28. The van der Waals surface area contributed by atoms with Crippen molar-refractivity contribution < 1.29 is 21.6 Å². The Morgan fingerprint density at radius 3 is 2.24 bits per heavy atom. The summed E-state index contributed by atoms with van der Waals surface area (Å²) in [7, 11) is -3.93. The van der Waals surface area contributed by atoms with Gasteiger partial charge in [0.1, 0.15) is 11.5 Å². The molecule has 1 aromatic heterocycles. The molecule has 3 rings (SSSR count). The van der Waals surface area contributed by atoms with Crippen LogP contribution in [0, 0.1) is 25.5 Å². The molecule has 0 aliphatic heterocycles. The van der Waals surface area contributed by atoms with Gasteiger partial charge in [0, 0.05) is 18.6 Å². The van der Waals surface area contributed by atoms with E-state index >= 15 is 0 Å². The van der Waals surface area contributed by atoms with E-state index in [1.165, 1.54) is 12.1 Å². The Kier molecular flexibility index (Phi) is 4.30. The van der Waals surface area contributed by atoms with Crippen LogP contribution in [0.2, 0.25) is 0 Å². The molecule has 0 aliphatic rings. The highest BCUT2D eigenvalue weighted by atomic mass is 32.2. The van der Waals surface area contributed by atoms with Gasteiger partial charge in [0.2, 0.25) is 0 Å². The zero-order valence-electron chi connectivity index (χ0n) is 13.4. The quantitative estimate of drug-likeness (QED) is 0.758. The molecule has 130 valence electrons. The van der Waals surface area contributed by atoms with Crippen molar-refractivity contribution in [3.8, 4) is 11.3 Å². The predicted molar refractivity (Wildman–Crippen MR) is 88.6 cm³/mol. The first-order valence-corrected chi connectivity index (χ1v) is 8.77. The molecule has 0 amide bonds. The van der Waals surface area contributed by atoms with Crippen molar-refractivity contribution in [2.75, 3.05) is 4.72 Å². The minimum Gasteiger partial charge on any atom is -0.446 e. The summed E-state index contributed by atoms with van der Waals surface area (Å²) in [5, 5.41) is 0. The normalized spacial score (nSPS) is 11.5. The number of aromatic nitrogens is 1. The molecular weight excluding hydrogens is 350 g/mol. The lowest BCUT2D eigenvalue weighted by atomic mass is 10.1. The maximum absolute atomic E-state index is 13.2. The summed E-state index contributed by atoms with van der Waals surface area (Å²) in [5.74, 6) is -1.03. The number of nitrogens with zero attached hydrogens (tertiary/aromatic N) is 1. The number of aryl methyl sites for hydroxylation is 2. The van der Waals surface area contributed by atoms with Gasteiger partial charge >= 0.3 is 0 Å². The van der Waals surface area contributed by atoms with E-state index in [2.05, 4.69) is 9.71 Å². The molecule has 0 saturated heterocycles. The van der Waals surface area contributed by atoms with Crippen molar-refractivity contribution in [1.29, 1.82) is 0 Å². The molecule has 0 aliphatic carbocycles. The SMILES string of the molecule is Cc1nc(-c2ccc(S(=O)(=O)Nc3ccc(F)c(F)c3)cc2)c(C)o1. The van der Waals surface area contributed by atoms with Gasteiger partial charge in [-0.1, -0.05) is 12.1 Å². The standard InChI is InChI=1S/C17H14F2N2O3S/c1-10-17(20-11(2)24-10)12-3-6-14(7-4-12)25(22,23)21-13-5-8-15(18)16(19)9-13/h3-9,21H,1-2H3. The summed E-state index contributed by atoms with van der Waals surface area (Å²) in [6.45, 7) is 3.49. The van der Waals surface area contributed by atoms with Crippen LogP contribution in [0.5, 0.6) is 0 Å². The number of halogens is 2. The molecule has 0 atom stereocenters. The predicted octanol–water partition coefficient (Wildman–Crippen LogP) is 4.04. The summed E-state index contributed by atoms with van der Waals surface area (Å²) in [6.07, 6.45) is 0. The van der Waals surface area contributed by atoms with Crippen LogP contribution >= 0.6 is 0 Å². The molecule has 3 aromatic rings. The molecule has 0 spiro atoms. The van der Waals surface area contributed by atoms with Crippen molar-refractivity contribution >= 4 is 15.7 Å². The molecule has 0 saturated carbocycles. The van der Waals surface area contributed by atoms with E-state index in [1.807, 2.05) is 0 Å². The first-order chi connectivity index (χ1) is 11.8. The van der Waals surface area contributed by atoms with Crippen LogP contribution in [0.3, 0.4) is 0 Å². The second kappa shape index (κ2) is 6.29. The van der Waals surface area contributed by atoms with E-state index in [0.717, 1.165) is 18.2 Å². The van der Waals surface area contributed by atoms with E-state index in [9.17, 15) is 17.2 Å². The lowest BCUT2D eigenvalue weighted by Gasteiger charge is -2.09. The molecule has 5 nitrogen and oxygen atoms in total. The average molecular weight is 364 g/mol. The molecule has 0 unspecified atom stereocenters. The molecular formula is C17H14F2N2O3S. The molecule has 25 heavy (non-hydrogen) atoms. The largest absolute Gasteiger partial charge is 0.446 e. The average Bonchev–Trinajstić information content (AvgIpc) is 2.89. The fraction of sp³-hybridized carbons (Fsp3) is 0.118. The Morgan fingerprint density at radius 2 is 1.68 bits per heavy atom. The summed E-state index contributed by atoms with van der Waals surface area (Å²) in [4.78, 5) is 4.23. The molecule has 1 heterocycles. The van der Waals surface area contributed by atoms with Crippen LogP contribution in [0.4, 0.5) is 14.5 Å². The van der Waals surface area contributed by atoms with Gasteiger partial charge in [0.05, 0.1) is 10.6 Å². The van der Waals surface area contributed by atoms with E-state index in [-0.39, 0.29) is 10.6 Å². The highest BCUT2D eigenvalue weighted by Crippen LogP contribution is 2.25. The maximum atomic E-state index is 13.2. The van der Waals surface area contributed by atoms with Crippen LogP contribution < -0.4 is 4.72 Å². The van der Waals surface area contributed by atoms with Crippen molar-refractivity contribution in [2.45, 2.75) is 18.7 Å². The number of hydrogen-bond acceptors (Lipinski definition) is 4. The fourth-order valence-electron chi connectivity index (χ4n) is 2.36. The summed E-state index contributed by atoms with van der Waals surface area (Å²) >= 11 is 0. The first kappa shape index (κ1) is 17.1. The molecule has 1 N–H and O–H groups in total. The number of oxazole rings is 1. The molecule has 0 radical (unpaired) electrons. The number of benzene rings is 2. The Morgan fingerprint density at radius 1 is 1.00 bits per heavy atom. The fourth-order valence-corrected chi connectivity index (χ4v) is 3.41. The van der Waals surface area contributed by atoms with E-state index in [4.69, 9.17) is 4.42 Å². The minimum atomic E-state index is -3.93. The van der Waals surface area contributed by atoms with Crippen molar-refractivity contribution in [3.63, 3.8) is 0 Å². The third kappa shape index (κ3) is 3.53. The van der Waals surface area contributed by atoms with Gasteiger partial charge in [0.15, 0.2) is 17.5 Å². The third-order valence-corrected chi connectivity index (χ3v) is 4.91. The van der Waals surface area contributed by atoms with Crippen LogP contribution in [-0.2, 0) is 10.0 Å². The zero-order chi connectivity index (χ0) is 18.2. The van der Waals surface area contributed by atoms with Gasteiger partial charge in [-0.25, -0.2) is 22.2 Å². The molecule has 0 fully saturated rings. The second-order valence-electron chi connectivity index (χ2n) is 5.40. The number of anilines is 1. The van der Waals surface area contributed by atoms with Crippen LogP contribution in [0.1, 0.15) is 11.7 Å². The Hall–Kier alpha value is -2.74. The molecule has 0 bridgehead atoms. The van der Waals surface area contributed by atoms with Crippen LogP contribution in [0.25, 0.3) is 11.3 Å². The highest BCUT2D eigenvalue weighted by Gasteiger charge is 2.16. The van der Waals surface area contributed by atoms with Gasteiger partial charge in [-0.2, -0.15) is 0 Å². The smallest absolute Gasteiger partial charge is 0.261 e. The lowest BCUT2D eigenvalue weighted by molar-refractivity contribution is 0.495. The van der Waals surface area contributed by atoms with Gasteiger partial charge in [-0.3, -0.25) is 4.72 Å². The van der Waals surface area contributed by atoms with Crippen molar-refractivity contribution in [1.82, 2.24) is 4.98 Å². The topological polar surface area (TPSA) is 72.2 Å². The zero-order valence-corrected chi connectivity index (χ0v) is 14.2. The van der Waals surface area contributed by atoms with Gasteiger partial charge in [-0.05, 0) is 31.2 Å². The van der Waals surface area contributed by atoms with Crippen molar-refractivity contribution in [3.05, 3.63) is 65.7 Å². The van der Waals surface area contributed by atoms with Crippen LogP contribution in [0.15, 0.2) is 51.8 Å². The monoisotopic (exact) mass is 364 g/mol. The number of hydrogen-bond donors (Lipinski definition) is 1. The summed E-state index contributed by atoms with van der Waals surface area (Å²) in [6, 6.07) is 8.79. The number of nitrogens with one attached hydrogen (secondary N) is 1. The van der Waals surface area contributed by atoms with Crippen LogP contribution in [-0.4, -0.2) is 13.4 Å². The second-order valence-corrected chi connectivity index (χ2v) is 7.08. The number of sulfonamides is 1.